The van der Waals surface area contributed by atoms with Crippen molar-refractivity contribution >= 4 is 34.7 Å². The van der Waals surface area contributed by atoms with Crippen LogP contribution in [0, 0.1) is 6.92 Å². The van der Waals surface area contributed by atoms with E-state index in [1.807, 2.05) is 67.6 Å². The highest BCUT2D eigenvalue weighted by Crippen LogP contribution is 2.29. The van der Waals surface area contributed by atoms with E-state index in [2.05, 4.69) is 30.4 Å². The highest BCUT2D eigenvalue weighted by atomic mass is 35.5. The summed E-state index contributed by atoms with van der Waals surface area (Å²) in [4.78, 5) is 9.33. The molecule has 0 saturated carbocycles. The van der Waals surface area contributed by atoms with Crippen molar-refractivity contribution in [2.45, 2.75) is 6.92 Å². The first-order chi connectivity index (χ1) is 14.2. The van der Waals surface area contributed by atoms with Gasteiger partial charge in [-0.15, -0.1) is 20.4 Å². The lowest BCUT2D eigenvalue weighted by Crippen LogP contribution is -2.11. The average Bonchev–Trinajstić information content (AvgIpc) is 3.13. The molecular formula is C21H14ClN7. The molecule has 0 atom stereocenters. The van der Waals surface area contributed by atoms with Gasteiger partial charge in [0.15, 0.2) is 5.82 Å². The molecule has 0 unspecified atom stereocenters. The van der Waals surface area contributed by atoms with Crippen LogP contribution < -0.4 is 0 Å². The standard InChI is InChI=1S/C21H14ClN7/c1-13-17(11-8-14-6-9-15(22)10-7-14)25-21(28-26-13)29-12-23-27-19-16-4-2-3-5-18(16)24-20(19)29/h2-12H,1H3/b11-8+. The lowest BCUT2D eigenvalue weighted by Gasteiger charge is -2.08. The van der Waals surface area contributed by atoms with Crippen molar-refractivity contribution < 1.29 is 0 Å². The third-order valence-electron chi connectivity index (χ3n) is 4.55. The van der Waals surface area contributed by atoms with Crippen molar-refractivity contribution in [3.05, 3.63) is 76.8 Å². The van der Waals surface area contributed by atoms with Crippen molar-refractivity contribution in [2.75, 3.05) is 0 Å². The van der Waals surface area contributed by atoms with E-state index in [-0.39, 0.29) is 0 Å². The first kappa shape index (κ1) is 17.4. The van der Waals surface area contributed by atoms with Crippen LogP contribution in [-0.2, 0) is 0 Å². The predicted molar refractivity (Wildman–Crippen MR) is 112 cm³/mol. The van der Waals surface area contributed by atoms with Gasteiger partial charge in [-0.25, -0.2) is 14.5 Å². The fraction of sp³-hybridized carbons (Fsp3) is 0.0476. The highest BCUT2D eigenvalue weighted by Gasteiger charge is 2.19. The number of nitrogens with zero attached hydrogens (tertiary/aromatic N) is 7. The van der Waals surface area contributed by atoms with Gasteiger partial charge in [0.25, 0.3) is 5.95 Å². The number of aryl methyl sites for hydroxylation is 1. The van der Waals surface area contributed by atoms with Gasteiger partial charge in [-0.3, -0.25) is 0 Å². The molecule has 0 fully saturated rings. The maximum Gasteiger partial charge on any atom is 0.257 e. The monoisotopic (exact) mass is 399 g/mol. The Labute approximate surface area is 171 Å². The lowest BCUT2D eigenvalue weighted by molar-refractivity contribution is 0.785. The molecule has 5 rings (SSSR count). The number of halogens is 1. The SMILES string of the molecule is Cc1nnc(-n2cnnc3c4ccccc4nc2-3)nc1/C=C/c1ccc(Cl)cc1. The first-order valence-electron chi connectivity index (χ1n) is 8.93. The Morgan fingerprint density at radius 1 is 0.897 bits per heavy atom. The third-order valence-corrected chi connectivity index (χ3v) is 4.80. The zero-order valence-electron chi connectivity index (χ0n) is 15.4. The summed E-state index contributed by atoms with van der Waals surface area (Å²) in [6, 6.07) is 15.4. The number of aromatic nitrogens is 7. The first-order valence-corrected chi connectivity index (χ1v) is 9.31. The molecule has 140 valence electrons. The molecule has 0 saturated heterocycles. The van der Waals surface area contributed by atoms with Crippen LogP contribution in [-0.4, -0.2) is 34.9 Å². The number of hydrogen-bond acceptors (Lipinski definition) is 6. The van der Waals surface area contributed by atoms with Gasteiger partial charge in [-0.05, 0) is 36.8 Å². The molecule has 2 aliphatic rings. The van der Waals surface area contributed by atoms with Crippen molar-refractivity contribution in [2.24, 2.45) is 0 Å². The minimum absolute atomic E-state index is 0.383. The summed E-state index contributed by atoms with van der Waals surface area (Å²) in [5.74, 6) is 1.02. The molecule has 0 amide bonds. The number of rotatable bonds is 3. The van der Waals surface area contributed by atoms with Crippen molar-refractivity contribution in [1.29, 1.82) is 0 Å². The van der Waals surface area contributed by atoms with Gasteiger partial charge < -0.3 is 0 Å². The van der Waals surface area contributed by atoms with Crippen molar-refractivity contribution in [3.63, 3.8) is 0 Å². The Balaban J connectivity index is 1.58. The summed E-state index contributed by atoms with van der Waals surface area (Å²) < 4.78 is 1.70. The molecule has 3 aromatic rings. The van der Waals surface area contributed by atoms with E-state index in [0.29, 0.717) is 28.2 Å². The van der Waals surface area contributed by atoms with E-state index in [9.17, 15) is 0 Å². The zero-order valence-corrected chi connectivity index (χ0v) is 16.1. The second-order valence-corrected chi connectivity index (χ2v) is 6.91. The number of fused-ring (bicyclic) bond motifs is 3. The minimum Gasteiger partial charge on any atom is -0.248 e. The average molecular weight is 400 g/mol. The quantitative estimate of drug-likeness (QED) is 0.451. The molecule has 0 aliphatic carbocycles. The van der Waals surface area contributed by atoms with Crippen molar-refractivity contribution in [1.82, 2.24) is 34.9 Å². The van der Waals surface area contributed by atoms with E-state index in [4.69, 9.17) is 11.6 Å². The van der Waals surface area contributed by atoms with Crippen LogP contribution in [0.2, 0.25) is 5.02 Å². The topological polar surface area (TPSA) is 82.3 Å². The molecule has 8 heteroatoms. The van der Waals surface area contributed by atoms with Crippen LogP contribution in [0.25, 0.3) is 40.5 Å². The third kappa shape index (κ3) is 3.21. The molecule has 1 aromatic heterocycles. The second kappa shape index (κ2) is 7.03. The van der Waals surface area contributed by atoms with Gasteiger partial charge in [-0.1, -0.05) is 48.0 Å². The second-order valence-electron chi connectivity index (χ2n) is 6.47. The maximum absolute atomic E-state index is 5.95. The Bertz CT molecular complexity index is 1320. The Morgan fingerprint density at radius 3 is 2.59 bits per heavy atom. The normalized spacial score (nSPS) is 11.7. The van der Waals surface area contributed by atoms with E-state index < -0.39 is 0 Å². The summed E-state index contributed by atoms with van der Waals surface area (Å²) in [6.45, 7) is 1.87. The van der Waals surface area contributed by atoms with Gasteiger partial charge in [0.1, 0.15) is 12.0 Å². The zero-order chi connectivity index (χ0) is 19.8. The molecule has 0 spiro atoms. The minimum atomic E-state index is 0.383. The largest absolute Gasteiger partial charge is 0.257 e. The van der Waals surface area contributed by atoms with E-state index >= 15 is 0 Å². The summed E-state index contributed by atoms with van der Waals surface area (Å²) in [5.41, 5.74) is 3.99. The fourth-order valence-electron chi connectivity index (χ4n) is 3.05. The van der Waals surface area contributed by atoms with Gasteiger partial charge in [0, 0.05) is 10.4 Å². The van der Waals surface area contributed by atoms with Gasteiger partial charge in [-0.2, -0.15) is 0 Å². The van der Waals surface area contributed by atoms with Crippen LogP contribution in [0.15, 0.2) is 54.9 Å². The summed E-state index contributed by atoms with van der Waals surface area (Å²) in [7, 11) is 0. The maximum atomic E-state index is 5.95. The molecule has 7 nitrogen and oxygen atoms in total. The summed E-state index contributed by atoms with van der Waals surface area (Å²) >= 11 is 5.95. The van der Waals surface area contributed by atoms with Gasteiger partial charge >= 0.3 is 0 Å². The molecule has 0 N–H and O–H groups in total. The predicted octanol–water partition coefficient (Wildman–Crippen LogP) is 4.24. The summed E-state index contributed by atoms with van der Waals surface area (Å²) in [6.07, 6.45) is 5.41. The van der Waals surface area contributed by atoms with E-state index in [0.717, 1.165) is 22.2 Å². The van der Waals surface area contributed by atoms with E-state index in [1.54, 1.807) is 10.9 Å². The van der Waals surface area contributed by atoms with Gasteiger partial charge in [0.05, 0.1) is 16.9 Å². The number of para-hydroxylation sites is 1. The Hall–Kier alpha value is -3.71. The fourth-order valence-corrected chi connectivity index (χ4v) is 3.18. The summed E-state index contributed by atoms with van der Waals surface area (Å²) in [5, 5.41) is 18.5. The van der Waals surface area contributed by atoms with Crippen LogP contribution >= 0.6 is 11.6 Å². The number of hydrogen-bond donors (Lipinski definition) is 0. The molecule has 29 heavy (non-hydrogen) atoms. The molecule has 0 radical (unpaired) electrons. The molecular weight excluding hydrogens is 386 g/mol. The van der Waals surface area contributed by atoms with E-state index in [1.165, 1.54) is 0 Å². The van der Waals surface area contributed by atoms with Crippen molar-refractivity contribution in [3.8, 4) is 17.5 Å². The van der Waals surface area contributed by atoms with Crippen LogP contribution in [0.3, 0.4) is 0 Å². The number of benzene rings is 2. The Kier molecular flexibility index (Phi) is 4.22. The smallest absolute Gasteiger partial charge is 0.248 e. The molecule has 2 aromatic carbocycles. The highest BCUT2D eigenvalue weighted by molar-refractivity contribution is 6.30. The molecule has 3 heterocycles. The molecule has 2 aliphatic heterocycles. The van der Waals surface area contributed by atoms with Crippen LogP contribution in [0.4, 0.5) is 0 Å². The lowest BCUT2D eigenvalue weighted by atomic mass is 10.2. The van der Waals surface area contributed by atoms with Crippen LogP contribution in [0.1, 0.15) is 17.0 Å². The van der Waals surface area contributed by atoms with Crippen LogP contribution in [0.5, 0.6) is 0 Å². The molecule has 0 bridgehead atoms. The Morgan fingerprint density at radius 2 is 1.72 bits per heavy atom. The van der Waals surface area contributed by atoms with Gasteiger partial charge in [0.2, 0.25) is 0 Å².